The molecule has 1 fully saturated rings. The number of hydrogen-bond donors (Lipinski definition) is 2. The molecule has 0 bridgehead atoms. The zero-order valence-corrected chi connectivity index (χ0v) is 16.0. The summed E-state index contributed by atoms with van der Waals surface area (Å²) in [5.41, 5.74) is -0.701. The molecule has 3 atom stereocenters. The molecule has 1 saturated heterocycles. The molecule has 2 aromatic rings. The molecule has 1 aromatic heterocycles. The summed E-state index contributed by atoms with van der Waals surface area (Å²) >= 11 is 1.48. The van der Waals surface area contributed by atoms with Gasteiger partial charge in [-0.15, -0.1) is 0 Å². The number of ether oxygens (including phenoxy) is 2. The predicted molar refractivity (Wildman–Crippen MR) is 99.4 cm³/mol. The quantitative estimate of drug-likeness (QED) is 0.775. The lowest BCUT2D eigenvalue weighted by molar-refractivity contribution is -0.120. The van der Waals surface area contributed by atoms with Crippen LogP contribution in [0.15, 0.2) is 40.2 Å². The number of carbonyl (C=O) groups excluding carboxylic acids is 1. The summed E-state index contributed by atoms with van der Waals surface area (Å²) in [4.78, 5) is 29.2. The van der Waals surface area contributed by atoms with Gasteiger partial charge in [-0.2, -0.15) is 4.98 Å². The molecule has 2 aliphatic heterocycles. The first-order valence-electron chi connectivity index (χ1n) is 8.79. The first kappa shape index (κ1) is 19.8. The van der Waals surface area contributed by atoms with Crippen LogP contribution in [-0.2, 0) is 4.74 Å². The van der Waals surface area contributed by atoms with E-state index in [2.05, 4.69) is 10.3 Å². The van der Waals surface area contributed by atoms with Crippen molar-refractivity contribution < 1.29 is 28.2 Å². The Balaban J connectivity index is 1.51. The average Bonchev–Trinajstić information content (AvgIpc) is 3.19. The Hall–Kier alpha value is -2.50. The van der Waals surface area contributed by atoms with E-state index in [1.54, 1.807) is 18.2 Å². The molecule has 11 heteroatoms. The lowest BCUT2D eigenvalue weighted by Gasteiger charge is -2.19. The molecule has 29 heavy (non-hydrogen) atoms. The minimum Gasteiger partial charge on any atom is -0.479 e. The van der Waals surface area contributed by atoms with E-state index >= 15 is 0 Å². The number of aromatic nitrogens is 2. The van der Waals surface area contributed by atoms with Crippen molar-refractivity contribution in [3.05, 3.63) is 46.5 Å². The van der Waals surface area contributed by atoms with Crippen LogP contribution in [0.1, 0.15) is 29.9 Å². The minimum atomic E-state index is -3.33. The minimum absolute atomic E-state index is 0.0427. The maximum Gasteiger partial charge on any atom is 0.351 e. The summed E-state index contributed by atoms with van der Waals surface area (Å²) in [5, 5.41) is 11.5. The highest BCUT2D eigenvalue weighted by atomic mass is 32.2. The Bertz CT molecular complexity index is 1020. The van der Waals surface area contributed by atoms with Crippen molar-refractivity contribution in [2.75, 3.05) is 11.9 Å². The van der Waals surface area contributed by atoms with Gasteiger partial charge < -0.3 is 19.9 Å². The normalized spacial score (nSPS) is 24.8. The van der Waals surface area contributed by atoms with Gasteiger partial charge in [0.15, 0.2) is 0 Å². The van der Waals surface area contributed by atoms with Crippen LogP contribution in [-0.4, -0.2) is 44.6 Å². The predicted octanol–water partition coefficient (Wildman–Crippen LogP) is 2.24. The fourth-order valence-corrected chi connectivity index (χ4v) is 4.12. The number of halogens is 2. The third-order valence-electron chi connectivity index (χ3n) is 4.50. The number of nitrogens with one attached hydrogen (secondary N) is 1. The van der Waals surface area contributed by atoms with E-state index in [0.29, 0.717) is 15.9 Å². The van der Waals surface area contributed by atoms with E-state index in [1.165, 1.54) is 17.8 Å². The maximum absolute atomic E-state index is 14.1. The summed E-state index contributed by atoms with van der Waals surface area (Å²) in [7, 11) is 0. The molecule has 0 saturated carbocycles. The van der Waals surface area contributed by atoms with Gasteiger partial charge in [-0.3, -0.25) is 9.36 Å². The molecule has 1 aromatic carbocycles. The summed E-state index contributed by atoms with van der Waals surface area (Å²) in [6.07, 6.45) is -2.54. The number of carbonyl (C=O) groups is 1. The Kier molecular flexibility index (Phi) is 5.05. The maximum atomic E-state index is 14.1. The van der Waals surface area contributed by atoms with E-state index < -0.39 is 42.9 Å². The van der Waals surface area contributed by atoms with Crippen molar-refractivity contribution >= 4 is 23.5 Å². The van der Waals surface area contributed by atoms with Crippen molar-refractivity contribution in [3.8, 4) is 5.75 Å². The van der Waals surface area contributed by atoms with Crippen LogP contribution in [0.2, 0.25) is 0 Å². The number of alkyl halides is 2. The monoisotopic (exact) mass is 425 g/mol. The van der Waals surface area contributed by atoms with Gasteiger partial charge >= 0.3 is 5.69 Å². The van der Waals surface area contributed by atoms with Crippen molar-refractivity contribution in [2.24, 2.45) is 0 Å². The van der Waals surface area contributed by atoms with Crippen LogP contribution >= 0.6 is 11.8 Å². The largest absolute Gasteiger partial charge is 0.479 e. The van der Waals surface area contributed by atoms with Crippen molar-refractivity contribution in [3.63, 3.8) is 0 Å². The van der Waals surface area contributed by atoms with E-state index in [9.17, 15) is 18.4 Å². The average molecular weight is 425 g/mol. The lowest BCUT2D eigenvalue weighted by Crippen LogP contribution is -2.35. The number of fused-ring (bicyclic) bond motifs is 1. The Morgan fingerprint density at radius 2 is 2.24 bits per heavy atom. The highest BCUT2D eigenvalue weighted by molar-refractivity contribution is 8.00. The Morgan fingerprint density at radius 1 is 1.45 bits per heavy atom. The molecular formula is C18H17F2N3O5S. The summed E-state index contributed by atoms with van der Waals surface area (Å²) in [6, 6.07) is 6.17. The van der Waals surface area contributed by atoms with E-state index in [-0.39, 0.29) is 11.3 Å². The van der Waals surface area contributed by atoms with Crippen LogP contribution in [0.3, 0.4) is 0 Å². The number of amides is 1. The second-order valence-electron chi connectivity index (χ2n) is 6.68. The lowest BCUT2D eigenvalue weighted by atomic mass is 10.2. The molecule has 4 rings (SSSR count). The van der Waals surface area contributed by atoms with Crippen LogP contribution < -0.4 is 15.7 Å². The van der Waals surface area contributed by atoms with E-state index in [0.717, 1.165) is 11.1 Å². The van der Waals surface area contributed by atoms with Crippen LogP contribution in [0.5, 0.6) is 5.75 Å². The number of benzene rings is 1. The van der Waals surface area contributed by atoms with Gasteiger partial charge in [0.1, 0.15) is 17.0 Å². The topological polar surface area (TPSA) is 103 Å². The summed E-state index contributed by atoms with van der Waals surface area (Å²) in [5.74, 6) is -3.21. The molecule has 3 heterocycles. The fourth-order valence-electron chi connectivity index (χ4n) is 3.18. The number of anilines is 1. The van der Waals surface area contributed by atoms with Gasteiger partial charge in [0.2, 0.25) is 6.23 Å². The zero-order chi connectivity index (χ0) is 20.8. The number of hydrogen-bond acceptors (Lipinski definition) is 7. The van der Waals surface area contributed by atoms with Gasteiger partial charge in [-0.25, -0.2) is 13.6 Å². The standard InChI is InChI=1S/C18H17F2N3O5S/c1-9-27-12-3-2-10(6-13(12)29-9)15(25)21-14-4-5-23(17(26)22-14)16-18(19,20)7-11(8-24)28-16/h2-6,9,11,16,24H,7-8H2,1H3,(H,21,22,25,26). The smallest absolute Gasteiger partial charge is 0.351 e. The SMILES string of the molecule is CC1Oc2ccc(C(=O)Nc3ccn(C4OC(CO)CC4(F)F)c(=O)n3)cc2S1. The number of aliphatic hydroxyl groups is 1. The third-order valence-corrected chi connectivity index (χ3v) is 5.50. The summed E-state index contributed by atoms with van der Waals surface area (Å²) < 4.78 is 39.4. The molecular weight excluding hydrogens is 408 g/mol. The third kappa shape index (κ3) is 3.85. The van der Waals surface area contributed by atoms with Gasteiger partial charge in [0.05, 0.1) is 17.6 Å². The van der Waals surface area contributed by atoms with Gasteiger partial charge in [-0.1, -0.05) is 11.8 Å². The molecule has 2 N–H and O–H groups in total. The Labute approximate surface area is 167 Å². The van der Waals surface area contributed by atoms with Crippen LogP contribution in [0.25, 0.3) is 0 Å². The molecule has 1 amide bonds. The molecule has 0 aliphatic carbocycles. The van der Waals surface area contributed by atoms with Gasteiger partial charge in [-0.05, 0) is 31.2 Å². The van der Waals surface area contributed by atoms with Crippen molar-refractivity contribution in [1.29, 1.82) is 0 Å². The highest BCUT2D eigenvalue weighted by Gasteiger charge is 2.51. The van der Waals surface area contributed by atoms with Crippen molar-refractivity contribution in [2.45, 2.75) is 41.9 Å². The van der Waals surface area contributed by atoms with Gasteiger partial charge in [0.25, 0.3) is 11.8 Å². The van der Waals surface area contributed by atoms with Gasteiger partial charge in [0, 0.05) is 18.2 Å². The Morgan fingerprint density at radius 3 is 2.93 bits per heavy atom. The van der Waals surface area contributed by atoms with E-state index in [1.807, 2.05) is 6.92 Å². The first-order chi connectivity index (χ1) is 13.8. The van der Waals surface area contributed by atoms with Crippen molar-refractivity contribution in [1.82, 2.24) is 9.55 Å². The number of thioether (sulfide) groups is 1. The number of nitrogens with zero attached hydrogens (tertiary/aromatic N) is 2. The highest BCUT2D eigenvalue weighted by Crippen LogP contribution is 2.42. The molecule has 3 unspecified atom stereocenters. The van der Waals surface area contributed by atoms with E-state index in [4.69, 9.17) is 14.6 Å². The molecule has 8 nitrogen and oxygen atoms in total. The van der Waals surface area contributed by atoms with Crippen LogP contribution in [0, 0.1) is 0 Å². The molecule has 0 spiro atoms. The second kappa shape index (κ2) is 7.39. The number of rotatable bonds is 4. The fraction of sp³-hybridized carbons (Fsp3) is 0.389. The molecule has 154 valence electrons. The first-order valence-corrected chi connectivity index (χ1v) is 9.67. The summed E-state index contributed by atoms with van der Waals surface area (Å²) in [6.45, 7) is 1.31. The zero-order valence-electron chi connectivity index (χ0n) is 15.2. The number of aliphatic hydroxyl groups excluding tert-OH is 1. The molecule has 0 radical (unpaired) electrons. The second-order valence-corrected chi connectivity index (χ2v) is 8.02. The molecule has 2 aliphatic rings. The van der Waals surface area contributed by atoms with Crippen LogP contribution in [0.4, 0.5) is 14.6 Å².